The standard InChI is InChI=1S/C4H7BrO4/c1-8-4(5,9-2)3(6)7/h1-2H3,(H,6,7). The largest absolute Gasteiger partial charge is 0.477 e. The van der Waals surface area contributed by atoms with Gasteiger partial charge in [0.25, 0.3) is 0 Å². The number of carbonyl (C=O) groups is 1. The highest BCUT2D eigenvalue weighted by Crippen LogP contribution is 2.18. The van der Waals surface area contributed by atoms with E-state index in [0.717, 1.165) is 0 Å². The zero-order valence-electron chi connectivity index (χ0n) is 5.05. The first-order valence-corrected chi connectivity index (χ1v) is 2.88. The van der Waals surface area contributed by atoms with Crippen molar-refractivity contribution < 1.29 is 19.4 Å². The fourth-order valence-corrected chi connectivity index (χ4v) is 0.258. The zero-order valence-corrected chi connectivity index (χ0v) is 6.64. The van der Waals surface area contributed by atoms with E-state index >= 15 is 0 Å². The van der Waals surface area contributed by atoms with Gasteiger partial charge < -0.3 is 14.6 Å². The normalized spacial score (nSPS) is 11.4. The smallest absolute Gasteiger partial charge is 0.376 e. The number of methoxy groups -OCH3 is 2. The lowest BCUT2D eigenvalue weighted by molar-refractivity contribution is -0.186. The van der Waals surface area contributed by atoms with Crippen LogP contribution < -0.4 is 0 Å². The molecule has 0 aliphatic rings. The lowest BCUT2D eigenvalue weighted by Gasteiger charge is -2.17. The number of carboxylic acid groups (broad SMARTS) is 1. The van der Waals surface area contributed by atoms with Crippen molar-refractivity contribution in [1.29, 1.82) is 0 Å². The number of rotatable bonds is 3. The van der Waals surface area contributed by atoms with Crippen LogP contribution in [0.5, 0.6) is 0 Å². The van der Waals surface area contributed by atoms with E-state index in [1.54, 1.807) is 0 Å². The molecule has 0 fully saturated rings. The van der Waals surface area contributed by atoms with Crippen LogP contribution in [0, 0.1) is 0 Å². The molecule has 0 bridgehead atoms. The lowest BCUT2D eigenvalue weighted by atomic mass is 10.6. The monoisotopic (exact) mass is 198 g/mol. The van der Waals surface area contributed by atoms with Gasteiger partial charge >= 0.3 is 10.7 Å². The Kier molecular flexibility index (Phi) is 3.10. The predicted octanol–water partition coefficient (Wildman–Crippen LogP) is 0.413. The van der Waals surface area contributed by atoms with Crippen LogP contribution in [-0.4, -0.2) is 30.0 Å². The van der Waals surface area contributed by atoms with Crippen molar-refractivity contribution in [2.75, 3.05) is 14.2 Å². The molecule has 0 rings (SSSR count). The number of hydrogen-bond donors (Lipinski definition) is 1. The maximum absolute atomic E-state index is 10.2. The van der Waals surface area contributed by atoms with Gasteiger partial charge in [0.1, 0.15) is 0 Å². The molecule has 0 aliphatic heterocycles. The maximum atomic E-state index is 10.2. The molecule has 0 spiro atoms. The van der Waals surface area contributed by atoms with Crippen LogP contribution in [0.4, 0.5) is 0 Å². The summed E-state index contributed by atoms with van der Waals surface area (Å²) in [7, 11) is 2.46. The van der Waals surface area contributed by atoms with Crippen LogP contribution in [0.2, 0.25) is 0 Å². The number of ether oxygens (including phenoxy) is 2. The van der Waals surface area contributed by atoms with E-state index in [0.29, 0.717) is 0 Å². The molecule has 9 heavy (non-hydrogen) atoms. The molecule has 1 N–H and O–H groups in total. The molecule has 5 heteroatoms. The average molecular weight is 199 g/mol. The van der Waals surface area contributed by atoms with Crippen LogP contribution >= 0.6 is 15.9 Å². The van der Waals surface area contributed by atoms with Crippen LogP contribution in [-0.2, 0) is 14.3 Å². The molecule has 0 radical (unpaired) electrons. The van der Waals surface area contributed by atoms with Crippen LogP contribution in [0.3, 0.4) is 0 Å². The van der Waals surface area contributed by atoms with Gasteiger partial charge in [-0.2, -0.15) is 0 Å². The van der Waals surface area contributed by atoms with Crippen molar-refractivity contribution in [3.63, 3.8) is 0 Å². The molecule has 0 heterocycles. The van der Waals surface area contributed by atoms with Gasteiger partial charge in [0.05, 0.1) is 0 Å². The SMILES string of the molecule is COC(Br)(OC)C(=O)O. The summed E-state index contributed by atoms with van der Waals surface area (Å²) in [5.74, 6) is -1.22. The molecule has 4 nitrogen and oxygen atoms in total. The van der Waals surface area contributed by atoms with Crippen molar-refractivity contribution >= 4 is 21.9 Å². The maximum Gasteiger partial charge on any atom is 0.376 e. The molecule has 0 aliphatic carbocycles. The first-order chi connectivity index (χ1) is 4.06. The molecule has 0 atom stereocenters. The van der Waals surface area contributed by atoms with Gasteiger partial charge in [-0.05, 0) is 15.9 Å². The second-order valence-electron chi connectivity index (χ2n) is 1.25. The third kappa shape index (κ3) is 1.92. The fraction of sp³-hybridized carbons (Fsp3) is 0.750. The number of hydrogen-bond acceptors (Lipinski definition) is 3. The number of aliphatic carboxylic acids is 1. The minimum absolute atomic E-state index is 1.22. The molecule has 0 amide bonds. The van der Waals surface area contributed by atoms with Gasteiger partial charge in [-0.15, -0.1) is 0 Å². The van der Waals surface area contributed by atoms with Crippen molar-refractivity contribution in [3.8, 4) is 0 Å². The van der Waals surface area contributed by atoms with Gasteiger partial charge in [0, 0.05) is 14.2 Å². The van der Waals surface area contributed by atoms with E-state index < -0.39 is 10.7 Å². The summed E-state index contributed by atoms with van der Waals surface area (Å²) in [5, 5.41) is 8.34. The van der Waals surface area contributed by atoms with E-state index in [-0.39, 0.29) is 0 Å². The molecule has 0 aromatic rings. The van der Waals surface area contributed by atoms with E-state index in [1.165, 1.54) is 14.2 Å². The van der Waals surface area contributed by atoms with Crippen LogP contribution in [0.15, 0.2) is 0 Å². The molecule has 0 saturated carbocycles. The van der Waals surface area contributed by atoms with Gasteiger partial charge in [-0.1, -0.05) is 0 Å². The van der Waals surface area contributed by atoms with Crippen LogP contribution in [0.1, 0.15) is 0 Å². The van der Waals surface area contributed by atoms with Crippen molar-refractivity contribution in [2.24, 2.45) is 0 Å². The summed E-state index contributed by atoms with van der Waals surface area (Å²) >= 11 is 2.70. The number of alkyl halides is 1. The highest BCUT2D eigenvalue weighted by atomic mass is 79.9. The number of carboxylic acids is 1. The Hall–Kier alpha value is -0.130. The summed E-state index contributed by atoms with van der Waals surface area (Å²) in [5.41, 5.74) is 0. The van der Waals surface area contributed by atoms with Gasteiger partial charge in [0.15, 0.2) is 0 Å². The van der Waals surface area contributed by atoms with Gasteiger partial charge in [-0.3, -0.25) is 0 Å². The lowest BCUT2D eigenvalue weighted by Crippen LogP contribution is -2.35. The second kappa shape index (κ2) is 3.14. The molecule has 0 aromatic heterocycles. The van der Waals surface area contributed by atoms with Gasteiger partial charge in [-0.25, -0.2) is 4.79 Å². The predicted molar refractivity (Wildman–Crippen MR) is 33.3 cm³/mol. The van der Waals surface area contributed by atoms with Crippen molar-refractivity contribution in [1.82, 2.24) is 0 Å². The Bertz CT molecular complexity index is 109. The van der Waals surface area contributed by atoms with Crippen molar-refractivity contribution in [2.45, 2.75) is 4.70 Å². The Morgan fingerprint density at radius 3 is 1.89 bits per heavy atom. The molecule has 0 saturated heterocycles. The summed E-state index contributed by atoms with van der Waals surface area (Å²) in [6, 6.07) is 0. The minimum atomic E-state index is -1.69. The first-order valence-electron chi connectivity index (χ1n) is 2.09. The van der Waals surface area contributed by atoms with E-state index in [2.05, 4.69) is 25.4 Å². The Morgan fingerprint density at radius 2 is 1.89 bits per heavy atom. The summed E-state index contributed by atoms with van der Waals surface area (Å²) in [6.07, 6.45) is 0. The molecule has 0 unspecified atom stereocenters. The highest BCUT2D eigenvalue weighted by molar-refractivity contribution is 9.10. The zero-order chi connectivity index (χ0) is 7.49. The summed E-state index contributed by atoms with van der Waals surface area (Å²) in [4.78, 5) is 10.2. The molecule has 0 aromatic carbocycles. The Balaban J connectivity index is 4.09. The average Bonchev–Trinajstić information content (AvgIpc) is 1.86. The third-order valence-electron chi connectivity index (χ3n) is 0.781. The molecular weight excluding hydrogens is 192 g/mol. The molecule has 54 valence electrons. The Labute approximate surface area is 60.9 Å². The summed E-state index contributed by atoms with van der Waals surface area (Å²) < 4.78 is 7.20. The Morgan fingerprint density at radius 1 is 1.56 bits per heavy atom. The quantitative estimate of drug-likeness (QED) is 0.528. The fourth-order valence-electron chi connectivity index (χ4n) is 0.258. The highest BCUT2D eigenvalue weighted by Gasteiger charge is 2.35. The van der Waals surface area contributed by atoms with Crippen LogP contribution in [0.25, 0.3) is 0 Å². The third-order valence-corrected chi connectivity index (χ3v) is 1.77. The van der Waals surface area contributed by atoms with E-state index in [9.17, 15) is 4.79 Å². The van der Waals surface area contributed by atoms with Gasteiger partial charge in [0.2, 0.25) is 0 Å². The minimum Gasteiger partial charge on any atom is -0.477 e. The second-order valence-corrected chi connectivity index (χ2v) is 2.29. The van der Waals surface area contributed by atoms with Crippen molar-refractivity contribution in [3.05, 3.63) is 0 Å². The van der Waals surface area contributed by atoms with E-state index in [4.69, 9.17) is 5.11 Å². The first kappa shape index (κ1) is 8.87. The molecular formula is C4H7BrO4. The summed E-state index contributed by atoms with van der Waals surface area (Å²) in [6.45, 7) is 0. The number of halogens is 1. The van der Waals surface area contributed by atoms with E-state index in [1.807, 2.05) is 0 Å². The topological polar surface area (TPSA) is 55.8 Å².